The fraction of sp³-hybridized carbons (Fsp3) is 0.750. The van der Waals surface area contributed by atoms with E-state index in [-0.39, 0.29) is 18.9 Å². The second-order valence-electron chi connectivity index (χ2n) is 5.25. The van der Waals surface area contributed by atoms with E-state index in [0.29, 0.717) is 0 Å². The molecule has 22 heavy (non-hydrogen) atoms. The van der Waals surface area contributed by atoms with E-state index < -0.39 is 17.7 Å². The van der Waals surface area contributed by atoms with Crippen LogP contribution in [0.5, 0.6) is 0 Å². The Balaban J connectivity index is 3.75. The van der Waals surface area contributed by atoms with Gasteiger partial charge < -0.3 is 10.5 Å². The summed E-state index contributed by atoms with van der Waals surface area (Å²) < 4.78 is 4.95. The van der Waals surface area contributed by atoms with Gasteiger partial charge in [-0.05, 0) is 27.2 Å². The summed E-state index contributed by atoms with van der Waals surface area (Å²) in [5, 5.41) is 4.58. The van der Waals surface area contributed by atoms with Crippen LogP contribution in [-0.2, 0) is 19.2 Å². The first kappa shape index (κ1) is 20.1. The van der Waals surface area contributed by atoms with Crippen molar-refractivity contribution in [2.75, 3.05) is 20.8 Å². The van der Waals surface area contributed by atoms with Crippen molar-refractivity contribution in [2.24, 2.45) is 10.8 Å². The molecule has 4 N–H and O–H groups in total. The molecular formula is C12H25N5O5. The van der Waals surface area contributed by atoms with E-state index in [9.17, 15) is 9.59 Å². The number of hydroxylamine groups is 3. The number of nitrogens with zero attached hydrogens (tertiary/aromatic N) is 2. The number of likely N-dealkylation sites (N-methyl/N-ethyl adjacent to an activating group) is 1. The molecule has 1 atom stereocenters. The molecule has 0 heterocycles. The number of carbonyl (C=O) groups excluding carboxylic acids is 2. The molecule has 0 rings (SSSR count). The summed E-state index contributed by atoms with van der Waals surface area (Å²) in [5.74, 6) is -0.355. The van der Waals surface area contributed by atoms with Gasteiger partial charge in [0.25, 0.3) is 5.91 Å². The van der Waals surface area contributed by atoms with Gasteiger partial charge in [0.05, 0.1) is 19.8 Å². The number of hydrogen-bond donors (Lipinski definition) is 3. The Labute approximate surface area is 129 Å². The number of hydrogen-bond acceptors (Lipinski definition) is 7. The number of hydrazone groups is 1. The van der Waals surface area contributed by atoms with Crippen LogP contribution in [-0.4, -0.2) is 55.8 Å². The highest BCUT2D eigenvalue weighted by Gasteiger charge is 2.17. The minimum Gasteiger partial charge on any atom is -0.443 e. The molecule has 10 heteroatoms. The zero-order valence-corrected chi connectivity index (χ0v) is 13.6. The van der Waals surface area contributed by atoms with Crippen LogP contribution in [0.3, 0.4) is 0 Å². The molecule has 0 aliphatic carbocycles. The molecule has 0 bridgehead atoms. The molecular weight excluding hydrogens is 294 g/mol. The van der Waals surface area contributed by atoms with Crippen LogP contribution in [0, 0.1) is 0 Å². The topological polar surface area (TPSA) is 128 Å². The van der Waals surface area contributed by atoms with Crippen LogP contribution in [0.1, 0.15) is 27.2 Å². The quantitative estimate of drug-likeness (QED) is 0.243. The third-order valence-electron chi connectivity index (χ3n) is 2.19. The standard InChI is InChI=1S/C12H25N5O5/c1-12(2,3)22-11(19)16-14-8-15-21-7-6-9(13)10(18)17(4)20-5/h8-9H,6-7,13H2,1-5H3,(H,14,15)(H,16,19)/t9-/m0/s1. The lowest BCUT2D eigenvalue weighted by Crippen LogP contribution is -2.42. The van der Waals surface area contributed by atoms with Gasteiger partial charge in [-0.1, -0.05) is 0 Å². The summed E-state index contributed by atoms with van der Waals surface area (Å²) >= 11 is 0. The lowest BCUT2D eigenvalue weighted by molar-refractivity contribution is -0.170. The highest BCUT2D eigenvalue weighted by atomic mass is 16.7. The fourth-order valence-corrected chi connectivity index (χ4v) is 1.14. The van der Waals surface area contributed by atoms with E-state index in [1.54, 1.807) is 20.8 Å². The normalized spacial score (nSPS) is 12.8. The van der Waals surface area contributed by atoms with Crippen molar-refractivity contribution in [3.8, 4) is 0 Å². The van der Waals surface area contributed by atoms with Crippen molar-refractivity contribution in [1.29, 1.82) is 0 Å². The molecule has 0 aromatic rings. The van der Waals surface area contributed by atoms with E-state index in [4.69, 9.17) is 20.1 Å². The molecule has 0 aliphatic heterocycles. The number of nitrogens with two attached hydrogens (primary N) is 1. The second-order valence-corrected chi connectivity index (χ2v) is 5.25. The van der Waals surface area contributed by atoms with Crippen molar-refractivity contribution in [1.82, 2.24) is 16.0 Å². The van der Waals surface area contributed by atoms with Gasteiger partial charge in [-0.2, -0.15) is 5.10 Å². The van der Waals surface area contributed by atoms with Gasteiger partial charge in [0.1, 0.15) is 11.9 Å². The van der Waals surface area contributed by atoms with Gasteiger partial charge in [-0.3, -0.25) is 19.9 Å². The number of rotatable bonds is 8. The Morgan fingerprint density at radius 3 is 2.59 bits per heavy atom. The maximum Gasteiger partial charge on any atom is 0.428 e. The van der Waals surface area contributed by atoms with Crippen LogP contribution < -0.4 is 16.6 Å². The van der Waals surface area contributed by atoms with Crippen LogP contribution >= 0.6 is 0 Å². The van der Waals surface area contributed by atoms with Crippen molar-refractivity contribution >= 4 is 18.3 Å². The van der Waals surface area contributed by atoms with E-state index in [1.807, 2.05) is 0 Å². The van der Waals surface area contributed by atoms with Gasteiger partial charge >= 0.3 is 6.09 Å². The smallest absolute Gasteiger partial charge is 0.428 e. The molecule has 0 unspecified atom stereocenters. The molecule has 0 radical (unpaired) electrons. The molecule has 0 aliphatic rings. The van der Waals surface area contributed by atoms with Gasteiger partial charge in [0.2, 0.25) is 0 Å². The van der Waals surface area contributed by atoms with Crippen molar-refractivity contribution in [3.63, 3.8) is 0 Å². The molecule has 0 saturated heterocycles. The van der Waals surface area contributed by atoms with Crippen LogP contribution in [0.2, 0.25) is 0 Å². The van der Waals surface area contributed by atoms with Gasteiger partial charge in [-0.25, -0.2) is 15.3 Å². The van der Waals surface area contributed by atoms with Gasteiger partial charge in [-0.15, -0.1) is 0 Å². The Morgan fingerprint density at radius 1 is 1.41 bits per heavy atom. The third-order valence-corrected chi connectivity index (χ3v) is 2.19. The number of amides is 2. The SMILES string of the molecule is CON(C)C(=O)[C@@H](N)CCONC=NNC(=O)OC(C)(C)C. The lowest BCUT2D eigenvalue weighted by Gasteiger charge is -2.18. The van der Waals surface area contributed by atoms with Crippen LogP contribution in [0.15, 0.2) is 5.10 Å². The second kappa shape index (κ2) is 9.92. The van der Waals surface area contributed by atoms with E-state index in [1.165, 1.54) is 14.2 Å². The first-order chi connectivity index (χ1) is 10.2. The minimum absolute atomic E-state index is 0.170. The summed E-state index contributed by atoms with van der Waals surface area (Å²) in [5.41, 5.74) is 9.56. The zero-order valence-electron chi connectivity index (χ0n) is 13.6. The number of nitrogens with one attached hydrogen (secondary N) is 2. The largest absolute Gasteiger partial charge is 0.443 e. The average molecular weight is 319 g/mol. The predicted octanol–water partition coefficient (Wildman–Crippen LogP) is -0.287. The summed E-state index contributed by atoms with van der Waals surface area (Å²) in [7, 11) is 2.84. The molecule has 0 aromatic carbocycles. The summed E-state index contributed by atoms with van der Waals surface area (Å²) in [4.78, 5) is 32.5. The predicted molar refractivity (Wildman–Crippen MR) is 79.3 cm³/mol. The zero-order chi connectivity index (χ0) is 17.2. The monoisotopic (exact) mass is 319 g/mol. The highest BCUT2D eigenvalue weighted by molar-refractivity contribution is 5.80. The molecule has 128 valence electrons. The summed E-state index contributed by atoms with van der Waals surface area (Å²) in [6.07, 6.45) is 0.728. The average Bonchev–Trinajstić information content (AvgIpc) is 2.42. The van der Waals surface area contributed by atoms with Gasteiger partial charge in [0, 0.05) is 7.05 Å². The Bertz CT molecular complexity index is 383. The first-order valence-corrected chi connectivity index (χ1v) is 6.62. The van der Waals surface area contributed by atoms with Crippen molar-refractivity contribution in [3.05, 3.63) is 0 Å². The van der Waals surface area contributed by atoms with Crippen molar-refractivity contribution in [2.45, 2.75) is 38.8 Å². The molecule has 10 nitrogen and oxygen atoms in total. The Morgan fingerprint density at radius 2 is 2.05 bits per heavy atom. The fourth-order valence-electron chi connectivity index (χ4n) is 1.14. The van der Waals surface area contributed by atoms with E-state index in [2.05, 4.69) is 16.0 Å². The molecule has 0 aromatic heterocycles. The van der Waals surface area contributed by atoms with Crippen molar-refractivity contribution < 1.29 is 24.0 Å². The third kappa shape index (κ3) is 9.91. The Kier molecular flexibility index (Phi) is 9.06. The van der Waals surface area contributed by atoms with E-state index in [0.717, 1.165) is 11.4 Å². The molecule has 0 fully saturated rings. The number of carbonyl (C=O) groups is 2. The molecule has 0 spiro atoms. The maximum absolute atomic E-state index is 11.5. The van der Waals surface area contributed by atoms with E-state index >= 15 is 0 Å². The first-order valence-electron chi connectivity index (χ1n) is 6.62. The molecule has 2 amide bonds. The molecule has 0 saturated carbocycles. The van der Waals surface area contributed by atoms with Gasteiger partial charge in [0.15, 0.2) is 0 Å². The summed E-state index contributed by atoms with van der Waals surface area (Å²) in [6, 6.07) is -0.733. The van der Waals surface area contributed by atoms with Crippen LogP contribution in [0.4, 0.5) is 4.79 Å². The van der Waals surface area contributed by atoms with Crippen LogP contribution in [0.25, 0.3) is 0 Å². The summed E-state index contributed by atoms with van der Waals surface area (Å²) in [6.45, 7) is 5.39. The highest BCUT2D eigenvalue weighted by Crippen LogP contribution is 2.05. The lowest BCUT2D eigenvalue weighted by atomic mass is 10.2. The maximum atomic E-state index is 11.5. The number of ether oxygens (including phenoxy) is 1. The minimum atomic E-state index is -0.733. The Hall–Kier alpha value is -1.91.